The van der Waals surface area contributed by atoms with Crippen LogP contribution in [0.5, 0.6) is 0 Å². The van der Waals surface area contributed by atoms with Crippen molar-refractivity contribution >= 4 is 0 Å². The molecule has 0 saturated carbocycles. The van der Waals surface area contributed by atoms with Gasteiger partial charge >= 0.3 is 0 Å². The number of rotatable bonds is 5. The Morgan fingerprint density at radius 2 is 1.81 bits per heavy atom. The number of piperidine rings is 1. The Morgan fingerprint density at radius 3 is 2.42 bits per heavy atom. The van der Waals surface area contributed by atoms with Crippen molar-refractivity contribution in [1.29, 1.82) is 0 Å². The summed E-state index contributed by atoms with van der Waals surface area (Å²) in [6.07, 6.45) is 5.32. The van der Waals surface area contributed by atoms with E-state index in [9.17, 15) is 9.59 Å². The Balaban J connectivity index is 1.54. The highest BCUT2D eigenvalue weighted by molar-refractivity contribution is 5.04. The van der Waals surface area contributed by atoms with E-state index in [4.69, 9.17) is 0 Å². The van der Waals surface area contributed by atoms with E-state index in [1.165, 1.54) is 4.57 Å². The van der Waals surface area contributed by atoms with Gasteiger partial charge in [-0.2, -0.15) is 0 Å². The maximum Gasteiger partial charge on any atom is 0.253 e. The van der Waals surface area contributed by atoms with Gasteiger partial charge in [-0.15, -0.1) is 0 Å². The molecule has 0 bridgehead atoms. The summed E-state index contributed by atoms with van der Waals surface area (Å²) >= 11 is 0. The average molecular weight is 357 g/mol. The molecule has 0 radical (unpaired) electrons. The van der Waals surface area contributed by atoms with Crippen LogP contribution >= 0.6 is 0 Å². The Hall–Kier alpha value is -2.28. The van der Waals surface area contributed by atoms with Crippen LogP contribution in [-0.2, 0) is 20.1 Å². The van der Waals surface area contributed by atoms with Crippen LogP contribution in [0.1, 0.15) is 44.0 Å². The van der Waals surface area contributed by atoms with E-state index < -0.39 is 0 Å². The van der Waals surface area contributed by atoms with E-state index in [0.717, 1.165) is 43.9 Å². The van der Waals surface area contributed by atoms with Gasteiger partial charge < -0.3 is 4.57 Å². The first-order valence-electron chi connectivity index (χ1n) is 9.22. The van der Waals surface area contributed by atoms with E-state index in [2.05, 4.69) is 14.9 Å². The minimum absolute atomic E-state index is 0.0263. The first kappa shape index (κ1) is 18.5. The smallest absolute Gasteiger partial charge is 0.253 e. The van der Waals surface area contributed by atoms with Gasteiger partial charge in [-0.1, -0.05) is 13.8 Å². The Bertz CT molecular complexity index is 863. The fourth-order valence-corrected chi connectivity index (χ4v) is 3.31. The maximum atomic E-state index is 12.3. The van der Waals surface area contributed by atoms with Crippen molar-refractivity contribution in [2.24, 2.45) is 13.0 Å². The highest BCUT2D eigenvalue weighted by Crippen LogP contribution is 2.19. The molecule has 1 aliphatic rings. The van der Waals surface area contributed by atoms with Crippen molar-refractivity contribution in [3.05, 3.63) is 56.9 Å². The lowest BCUT2D eigenvalue weighted by Crippen LogP contribution is -2.36. The summed E-state index contributed by atoms with van der Waals surface area (Å²) in [6.45, 7) is 7.41. The molecule has 140 valence electrons. The van der Waals surface area contributed by atoms with Crippen molar-refractivity contribution in [2.75, 3.05) is 13.1 Å². The molecule has 1 saturated heterocycles. The highest BCUT2D eigenvalue weighted by Gasteiger charge is 2.20. The van der Waals surface area contributed by atoms with Crippen molar-refractivity contribution in [3.8, 4) is 0 Å². The lowest BCUT2D eigenvalue weighted by atomic mass is 9.96. The van der Waals surface area contributed by atoms with E-state index in [-0.39, 0.29) is 17.0 Å². The Kier molecular flexibility index (Phi) is 5.66. The summed E-state index contributed by atoms with van der Waals surface area (Å²) in [6, 6.07) is 3.26. The molecule has 7 nitrogen and oxygen atoms in total. The summed E-state index contributed by atoms with van der Waals surface area (Å²) in [4.78, 5) is 35.0. The molecule has 26 heavy (non-hydrogen) atoms. The topological polar surface area (TPSA) is 73.0 Å². The maximum absolute atomic E-state index is 12.3. The monoisotopic (exact) mass is 357 g/mol. The van der Waals surface area contributed by atoms with Gasteiger partial charge in [0.1, 0.15) is 0 Å². The molecular formula is C19H27N5O2. The average Bonchev–Trinajstić information content (AvgIpc) is 2.61. The Labute approximate surface area is 153 Å². The third-order valence-electron chi connectivity index (χ3n) is 5.07. The summed E-state index contributed by atoms with van der Waals surface area (Å²) in [5.74, 6) is 0.747. The SMILES string of the molecule is CC(C)c1cc(=O)n(CC2CCN(Cc3cc(=O)n(C)cn3)CC2)cn1. The van der Waals surface area contributed by atoms with Crippen molar-refractivity contribution in [2.45, 2.75) is 45.7 Å². The van der Waals surface area contributed by atoms with Gasteiger partial charge in [-0.3, -0.25) is 19.1 Å². The number of hydrogen-bond acceptors (Lipinski definition) is 5. The molecule has 0 aliphatic carbocycles. The zero-order chi connectivity index (χ0) is 18.7. The lowest BCUT2D eigenvalue weighted by Gasteiger charge is -2.31. The van der Waals surface area contributed by atoms with Gasteiger partial charge in [0.05, 0.1) is 24.0 Å². The molecule has 0 atom stereocenters. The minimum atomic E-state index is -0.0263. The zero-order valence-corrected chi connectivity index (χ0v) is 15.8. The van der Waals surface area contributed by atoms with Gasteiger partial charge in [-0.25, -0.2) is 9.97 Å². The molecule has 0 unspecified atom stereocenters. The predicted octanol–water partition coefficient (Wildman–Crippen LogP) is 1.37. The first-order chi connectivity index (χ1) is 12.4. The van der Waals surface area contributed by atoms with E-state index in [1.807, 2.05) is 13.8 Å². The highest BCUT2D eigenvalue weighted by atomic mass is 16.1. The van der Waals surface area contributed by atoms with Crippen molar-refractivity contribution in [1.82, 2.24) is 24.0 Å². The van der Waals surface area contributed by atoms with Gasteiger partial charge in [0, 0.05) is 32.3 Å². The Morgan fingerprint density at radius 1 is 1.08 bits per heavy atom. The molecule has 0 spiro atoms. The number of hydrogen-bond donors (Lipinski definition) is 0. The van der Waals surface area contributed by atoms with Crippen LogP contribution in [0.2, 0.25) is 0 Å². The van der Waals surface area contributed by atoms with Crippen molar-refractivity contribution in [3.63, 3.8) is 0 Å². The van der Waals surface area contributed by atoms with Crippen LogP contribution in [0.25, 0.3) is 0 Å². The number of nitrogens with zero attached hydrogens (tertiary/aromatic N) is 5. The first-order valence-corrected chi connectivity index (χ1v) is 9.22. The second-order valence-electron chi connectivity index (χ2n) is 7.51. The molecule has 3 heterocycles. The quantitative estimate of drug-likeness (QED) is 0.808. The predicted molar refractivity (Wildman–Crippen MR) is 100 cm³/mol. The van der Waals surface area contributed by atoms with Crippen LogP contribution < -0.4 is 11.1 Å². The molecule has 0 N–H and O–H groups in total. The van der Waals surface area contributed by atoms with Crippen LogP contribution in [0.3, 0.4) is 0 Å². The lowest BCUT2D eigenvalue weighted by molar-refractivity contribution is 0.164. The molecule has 7 heteroatoms. The van der Waals surface area contributed by atoms with E-state index in [0.29, 0.717) is 12.5 Å². The summed E-state index contributed by atoms with van der Waals surface area (Å²) in [7, 11) is 1.70. The molecule has 1 aliphatic heterocycles. The van der Waals surface area contributed by atoms with Crippen LogP contribution in [0, 0.1) is 5.92 Å². The van der Waals surface area contributed by atoms with Gasteiger partial charge in [0.2, 0.25) is 0 Å². The molecular weight excluding hydrogens is 330 g/mol. The second kappa shape index (κ2) is 7.95. The summed E-state index contributed by atoms with van der Waals surface area (Å²) in [5.41, 5.74) is 1.68. The van der Waals surface area contributed by atoms with E-state index in [1.54, 1.807) is 36.4 Å². The molecule has 2 aromatic rings. The standard InChI is InChI=1S/C19H27N5O2/c1-14(2)17-9-19(26)24(13-21-17)10-15-4-6-23(7-5-15)11-16-8-18(25)22(3)12-20-16/h8-9,12-15H,4-7,10-11H2,1-3H3. The third-order valence-corrected chi connectivity index (χ3v) is 5.07. The van der Waals surface area contributed by atoms with Gasteiger partial charge in [0.25, 0.3) is 11.1 Å². The normalized spacial score (nSPS) is 16.3. The van der Waals surface area contributed by atoms with E-state index >= 15 is 0 Å². The fourth-order valence-electron chi connectivity index (χ4n) is 3.31. The minimum Gasteiger partial charge on any atom is -0.302 e. The number of aromatic nitrogens is 4. The second-order valence-corrected chi connectivity index (χ2v) is 7.51. The van der Waals surface area contributed by atoms with Crippen LogP contribution in [-0.4, -0.2) is 37.1 Å². The molecule has 1 fully saturated rings. The molecule has 3 rings (SSSR count). The largest absolute Gasteiger partial charge is 0.302 e. The summed E-state index contributed by atoms with van der Waals surface area (Å²) in [5, 5.41) is 0. The van der Waals surface area contributed by atoms with Crippen molar-refractivity contribution < 1.29 is 0 Å². The zero-order valence-electron chi connectivity index (χ0n) is 15.8. The third kappa shape index (κ3) is 4.46. The molecule has 2 aromatic heterocycles. The number of aryl methyl sites for hydroxylation is 1. The van der Waals surface area contributed by atoms with Crippen LogP contribution in [0.4, 0.5) is 0 Å². The fraction of sp³-hybridized carbons (Fsp3) is 0.579. The molecule has 0 aromatic carbocycles. The van der Waals surface area contributed by atoms with Gasteiger partial charge in [-0.05, 0) is 37.8 Å². The van der Waals surface area contributed by atoms with Gasteiger partial charge in [0.15, 0.2) is 0 Å². The van der Waals surface area contributed by atoms with Crippen LogP contribution in [0.15, 0.2) is 34.4 Å². The summed E-state index contributed by atoms with van der Waals surface area (Å²) < 4.78 is 3.21. The molecule has 0 amide bonds. The number of likely N-dealkylation sites (tertiary alicyclic amines) is 1.